The van der Waals surface area contributed by atoms with Crippen molar-refractivity contribution < 1.29 is 4.79 Å². The predicted molar refractivity (Wildman–Crippen MR) is 103 cm³/mol. The van der Waals surface area contributed by atoms with Crippen LogP contribution in [0.4, 0.5) is 0 Å². The van der Waals surface area contributed by atoms with Crippen LogP contribution in [0, 0.1) is 0 Å². The van der Waals surface area contributed by atoms with Crippen LogP contribution in [0.25, 0.3) is 21.3 Å². The number of thiazole rings is 1. The van der Waals surface area contributed by atoms with Crippen LogP contribution in [0.2, 0.25) is 0 Å². The first-order chi connectivity index (χ1) is 12.7. The van der Waals surface area contributed by atoms with E-state index in [1.54, 1.807) is 11.3 Å². The number of imidazole rings is 1. The molecule has 0 bridgehead atoms. The molecule has 1 aliphatic rings. The van der Waals surface area contributed by atoms with Crippen molar-refractivity contribution in [3.05, 3.63) is 59.4 Å². The number of hydrogen-bond acceptors (Lipinski definition) is 4. The van der Waals surface area contributed by atoms with Crippen LogP contribution in [0.15, 0.2) is 48.0 Å². The fourth-order valence-electron chi connectivity index (χ4n) is 3.89. The van der Waals surface area contributed by atoms with Crippen LogP contribution in [0.3, 0.4) is 0 Å². The van der Waals surface area contributed by atoms with Gasteiger partial charge in [0.05, 0.1) is 32.8 Å². The third-order valence-corrected chi connectivity index (χ3v) is 6.00. The number of fused-ring (bicyclic) bond motifs is 2. The van der Waals surface area contributed by atoms with Gasteiger partial charge < -0.3 is 9.47 Å². The Morgan fingerprint density at radius 3 is 2.96 bits per heavy atom. The second-order valence-electron chi connectivity index (χ2n) is 6.71. The van der Waals surface area contributed by atoms with E-state index < -0.39 is 0 Å². The Hall–Kier alpha value is -2.73. The fraction of sp³-hybridized carbons (Fsp3) is 0.250. The number of amides is 1. The van der Waals surface area contributed by atoms with Crippen molar-refractivity contribution in [2.45, 2.75) is 18.9 Å². The van der Waals surface area contributed by atoms with E-state index in [0.29, 0.717) is 0 Å². The molecule has 130 valence electrons. The molecular weight excluding hydrogens is 344 g/mol. The van der Waals surface area contributed by atoms with Crippen LogP contribution >= 0.6 is 11.3 Å². The first kappa shape index (κ1) is 15.5. The highest BCUT2D eigenvalue weighted by molar-refractivity contribution is 7.16. The summed E-state index contributed by atoms with van der Waals surface area (Å²) < 4.78 is 3.17. The lowest BCUT2D eigenvalue weighted by Crippen LogP contribution is -2.31. The molecular formula is C20H18N4OS. The molecule has 2 aromatic carbocycles. The van der Waals surface area contributed by atoms with Crippen molar-refractivity contribution in [1.82, 2.24) is 19.4 Å². The number of likely N-dealkylation sites (tertiary alicyclic amines) is 1. The van der Waals surface area contributed by atoms with Gasteiger partial charge in [0.2, 0.25) is 0 Å². The van der Waals surface area contributed by atoms with Gasteiger partial charge in [0.1, 0.15) is 5.82 Å². The van der Waals surface area contributed by atoms with E-state index in [4.69, 9.17) is 4.98 Å². The molecule has 26 heavy (non-hydrogen) atoms. The average Bonchev–Trinajstić information content (AvgIpc) is 3.39. The zero-order valence-electron chi connectivity index (χ0n) is 14.4. The van der Waals surface area contributed by atoms with Crippen molar-refractivity contribution in [2.24, 2.45) is 7.05 Å². The molecule has 3 heterocycles. The average molecular weight is 362 g/mol. The first-order valence-corrected chi connectivity index (χ1v) is 9.66. The molecule has 1 fully saturated rings. The van der Waals surface area contributed by atoms with Crippen molar-refractivity contribution in [1.29, 1.82) is 0 Å². The highest BCUT2D eigenvalue weighted by Gasteiger charge is 2.33. The van der Waals surface area contributed by atoms with Crippen LogP contribution < -0.4 is 0 Å². The number of nitrogens with zero attached hydrogens (tertiary/aromatic N) is 4. The summed E-state index contributed by atoms with van der Waals surface area (Å²) in [5, 5.41) is 0. The normalized spacial score (nSPS) is 17.4. The highest BCUT2D eigenvalue weighted by atomic mass is 32.1. The Morgan fingerprint density at radius 2 is 2.08 bits per heavy atom. The van der Waals surface area contributed by atoms with Gasteiger partial charge in [-0.25, -0.2) is 9.97 Å². The molecule has 1 aliphatic heterocycles. The molecule has 0 unspecified atom stereocenters. The van der Waals surface area contributed by atoms with Gasteiger partial charge in [-0.2, -0.15) is 0 Å². The molecule has 4 aromatic rings. The molecule has 1 atom stereocenters. The van der Waals surface area contributed by atoms with E-state index >= 15 is 0 Å². The van der Waals surface area contributed by atoms with Gasteiger partial charge in [0, 0.05) is 19.2 Å². The Bertz CT molecular complexity index is 1130. The topological polar surface area (TPSA) is 51.0 Å². The molecule has 5 rings (SSSR count). The summed E-state index contributed by atoms with van der Waals surface area (Å²) in [7, 11) is 2.04. The third-order valence-electron chi connectivity index (χ3n) is 5.21. The molecule has 0 spiro atoms. The number of hydrogen-bond donors (Lipinski definition) is 0. The molecule has 5 nitrogen and oxygen atoms in total. The summed E-state index contributed by atoms with van der Waals surface area (Å²) in [4.78, 5) is 24.3. The number of aromatic nitrogens is 3. The molecule has 6 heteroatoms. The van der Waals surface area contributed by atoms with E-state index in [2.05, 4.69) is 15.6 Å². The summed E-state index contributed by atoms with van der Waals surface area (Å²) in [6.07, 6.45) is 1.95. The number of benzene rings is 2. The second kappa shape index (κ2) is 5.92. The van der Waals surface area contributed by atoms with Crippen LogP contribution in [0.1, 0.15) is 35.1 Å². The van der Waals surface area contributed by atoms with Crippen LogP contribution in [-0.4, -0.2) is 31.9 Å². The van der Waals surface area contributed by atoms with E-state index in [9.17, 15) is 4.79 Å². The standard InChI is InChI=1S/C20H18N4OS/c1-23-16-6-3-2-5-14(16)22-19(23)17-7-4-10-24(17)20(25)13-8-9-15-18(11-13)26-12-21-15/h2-3,5-6,8-9,11-12,17H,4,7,10H2,1H3/t17-/m0/s1. The fourth-order valence-corrected chi connectivity index (χ4v) is 4.61. The number of carbonyl (C=O) groups excluding carboxylic acids is 1. The Morgan fingerprint density at radius 1 is 1.19 bits per heavy atom. The van der Waals surface area contributed by atoms with Gasteiger partial charge in [0.15, 0.2) is 0 Å². The van der Waals surface area contributed by atoms with E-state index in [0.717, 1.165) is 52.0 Å². The van der Waals surface area contributed by atoms with Crippen molar-refractivity contribution in [3.8, 4) is 0 Å². The number of rotatable bonds is 2. The van der Waals surface area contributed by atoms with Crippen LogP contribution in [-0.2, 0) is 7.05 Å². The minimum absolute atomic E-state index is 0.0251. The predicted octanol–water partition coefficient (Wildman–Crippen LogP) is 4.16. The number of aryl methyl sites for hydroxylation is 1. The molecule has 1 amide bonds. The Labute approximate surface area is 154 Å². The van der Waals surface area contributed by atoms with E-state index in [1.807, 2.05) is 53.9 Å². The zero-order chi connectivity index (χ0) is 17.7. The lowest BCUT2D eigenvalue weighted by Gasteiger charge is -2.24. The van der Waals surface area contributed by atoms with Crippen LogP contribution in [0.5, 0.6) is 0 Å². The van der Waals surface area contributed by atoms with E-state index in [1.165, 1.54) is 0 Å². The number of para-hydroxylation sites is 2. The molecule has 0 radical (unpaired) electrons. The van der Waals surface area contributed by atoms with Gasteiger partial charge in [-0.15, -0.1) is 11.3 Å². The lowest BCUT2D eigenvalue weighted by atomic mass is 10.1. The maximum absolute atomic E-state index is 13.2. The van der Waals surface area contributed by atoms with Gasteiger partial charge in [-0.3, -0.25) is 4.79 Å². The summed E-state index contributed by atoms with van der Waals surface area (Å²) in [6, 6.07) is 13.9. The minimum Gasteiger partial charge on any atom is -0.329 e. The van der Waals surface area contributed by atoms with E-state index in [-0.39, 0.29) is 11.9 Å². The van der Waals surface area contributed by atoms with Crippen molar-refractivity contribution in [2.75, 3.05) is 6.54 Å². The molecule has 0 aliphatic carbocycles. The Balaban J connectivity index is 1.53. The van der Waals surface area contributed by atoms with Crippen molar-refractivity contribution in [3.63, 3.8) is 0 Å². The number of carbonyl (C=O) groups is 1. The Kier molecular flexibility index (Phi) is 3.53. The summed E-state index contributed by atoms with van der Waals surface area (Å²) >= 11 is 1.57. The SMILES string of the molecule is Cn1c([C@@H]2CCCN2C(=O)c2ccc3ncsc3c2)nc2ccccc21. The zero-order valence-corrected chi connectivity index (χ0v) is 15.2. The molecule has 0 N–H and O–H groups in total. The van der Waals surface area contributed by atoms with Gasteiger partial charge in [-0.1, -0.05) is 12.1 Å². The lowest BCUT2D eigenvalue weighted by molar-refractivity contribution is 0.0728. The monoisotopic (exact) mass is 362 g/mol. The quantitative estimate of drug-likeness (QED) is 0.538. The van der Waals surface area contributed by atoms with Gasteiger partial charge in [0.25, 0.3) is 5.91 Å². The third kappa shape index (κ3) is 2.33. The maximum Gasteiger partial charge on any atom is 0.254 e. The molecule has 1 saturated heterocycles. The maximum atomic E-state index is 13.2. The molecule has 0 saturated carbocycles. The summed E-state index contributed by atoms with van der Waals surface area (Å²) in [5.74, 6) is 1.05. The highest BCUT2D eigenvalue weighted by Crippen LogP contribution is 2.34. The molecule has 2 aromatic heterocycles. The smallest absolute Gasteiger partial charge is 0.254 e. The van der Waals surface area contributed by atoms with Crippen molar-refractivity contribution >= 4 is 38.5 Å². The van der Waals surface area contributed by atoms with Gasteiger partial charge in [-0.05, 0) is 43.2 Å². The first-order valence-electron chi connectivity index (χ1n) is 8.78. The largest absolute Gasteiger partial charge is 0.329 e. The summed E-state index contributed by atoms with van der Waals surface area (Å²) in [6.45, 7) is 0.771. The minimum atomic E-state index is 0.0251. The second-order valence-corrected chi connectivity index (χ2v) is 7.60. The summed E-state index contributed by atoms with van der Waals surface area (Å²) in [5.41, 5.74) is 5.58. The van der Waals surface area contributed by atoms with Gasteiger partial charge >= 0.3 is 0 Å².